The average Bonchev–Trinajstić information content (AvgIpc) is 2.76. The van der Waals surface area contributed by atoms with Gasteiger partial charge in [-0.2, -0.15) is 0 Å². The first-order valence-electron chi connectivity index (χ1n) is 7.26. The van der Waals surface area contributed by atoms with Gasteiger partial charge in [0.15, 0.2) is 0 Å². The molecule has 2 heterocycles. The Morgan fingerprint density at radius 1 is 1.35 bits per heavy atom. The van der Waals surface area contributed by atoms with Crippen LogP contribution in [0, 0.1) is 5.41 Å². The summed E-state index contributed by atoms with van der Waals surface area (Å²) in [6.45, 7) is 12.8. The molecule has 2 N–H and O–H groups in total. The predicted molar refractivity (Wildman–Crippen MR) is 73.1 cm³/mol. The minimum absolute atomic E-state index is 0.301. The molecule has 0 amide bonds. The first kappa shape index (κ1) is 13.3. The van der Waals surface area contributed by atoms with Gasteiger partial charge in [-0.25, -0.2) is 0 Å². The minimum atomic E-state index is 0.301. The number of hydrogen-bond acceptors (Lipinski definition) is 3. The second kappa shape index (κ2) is 5.25. The molecule has 3 unspecified atom stereocenters. The van der Waals surface area contributed by atoms with Crippen molar-refractivity contribution in [2.24, 2.45) is 11.1 Å². The highest BCUT2D eigenvalue weighted by atomic mass is 15.3. The summed E-state index contributed by atoms with van der Waals surface area (Å²) in [4.78, 5) is 5.37. The molecule has 17 heavy (non-hydrogen) atoms. The van der Waals surface area contributed by atoms with Crippen LogP contribution in [0.4, 0.5) is 0 Å². The van der Waals surface area contributed by atoms with Crippen molar-refractivity contribution in [3.05, 3.63) is 0 Å². The van der Waals surface area contributed by atoms with Gasteiger partial charge in [0.05, 0.1) is 0 Å². The highest BCUT2D eigenvalue weighted by Crippen LogP contribution is 2.28. The van der Waals surface area contributed by atoms with E-state index in [9.17, 15) is 0 Å². The second-order valence-electron chi connectivity index (χ2n) is 6.44. The van der Waals surface area contributed by atoms with E-state index < -0.39 is 0 Å². The summed E-state index contributed by atoms with van der Waals surface area (Å²) >= 11 is 0. The van der Waals surface area contributed by atoms with Crippen molar-refractivity contribution in [2.75, 3.05) is 32.7 Å². The van der Waals surface area contributed by atoms with Crippen LogP contribution < -0.4 is 5.73 Å². The Morgan fingerprint density at radius 3 is 2.76 bits per heavy atom. The third-order valence-electron chi connectivity index (χ3n) is 5.00. The lowest BCUT2D eigenvalue weighted by atomic mass is 9.86. The van der Waals surface area contributed by atoms with E-state index in [2.05, 4.69) is 30.6 Å². The molecule has 2 aliphatic rings. The molecule has 0 spiro atoms. The average molecular weight is 239 g/mol. The molecule has 0 aromatic carbocycles. The Bertz CT molecular complexity index is 250. The van der Waals surface area contributed by atoms with Crippen molar-refractivity contribution in [1.29, 1.82) is 0 Å². The molecule has 2 saturated heterocycles. The zero-order chi connectivity index (χ0) is 12.5. The number of fused-ring (bicyclic) bond motifs is 1. The fourth-order valence-corrected chi connectivity index (χ4v) is 3.28. The van der Waals surface area contributed by atoms with Crippen LogP contribution in [-0.4, -0.2) is 54.6 Å². The van der Waals surface area contributed by atoms with Gasteiger partial charge in [-0.05, 0) is 44.7 Å². The van der Waals surface area contributed by atoms with Crippen LogP contribution in [0.2, 0.25) is 0 Å². The fourth-order valence-electron chi connectivity index (χ4n) is 3.28. The van der Waals surface area contributed by atoms with Gasteiger partial charge in [-0.1, -0.05) is 13.8 Å². The standard InChI is InChI=1S/C14H29N3/c1-4-14(3,10-15)11-17-9-13-6-5-7-16(13)8-12(17)2/h12-13H,4-11,15H2,1-3H3. The van der Waals surface area contributed by atoms with Gasteiger partial charge < -0.3 is 5.73 Å². The fraction of sp³-hybridized carbons (Fsp3) is 1.00. The quantitative estimate of drug-likeness (QED) is 0.807. The summed E-state index contributed by atoms with van der Waals surface area (Å²) < 4.78 is 0. The molecule has 2 fully saturated rings. The topological polar surface area (TPSA) is 32.5 Å². The molecule has 0 saturated carbocycles. The van der Waals surface area contributed by atoms with Gasteiger partial charge >= 0.3 is 0 Å². The SMILES string of the molecule is CCC(C)(CN)CN1CC2CCCN2CC1C. The lowest BCUT2D eigenvalue weighted by molar-refractivity contribution is 0.0305. The van der Waals surface area contributed by atoms with Gasteiger partial charge in [0.25, 0.3) is 0 Å². The third kappa shape index (κ3) is 2.83. The predicted octanol–water partition coefficient (Wildman–Crippen LogP) is 1.53. The number of piperazine rings is 1. The molecule has 3 nitrogen and oxygen atoms in total. The number of hydrogen-bond donors (Lipinski definition) is 1. The molecule has 3 atom stereocenters. The van der Waals surface area contributed by atoms with Crippen LogP contribution in [0.25, 0.3) is 0 Å². The van der Waals surface area contributed by atoms with Gasteiger partial charge in [-0.3, -0.25) is 9.80 Å². The molecular weight excluding hydrogens is 210 g/mol. The molecule has 100 valence electrons. The van der Waals surface area contributed by atoms with Gasteiger partial charge in [-0.15, -0.1) is 0 Å². The van der Waals surface area contributed by atoms with Crippen molar-refractivity contribution in [1.82, 2.24) is 9.80 Å². The summed E-state index contributed by atoms with van der Waals surface area (Å²) in [6.07, 6.45) is 3.98. The third-order valence-corrected chi connectivity index (χ3v) is 5.00. The largest absolute Gasteiger partial charge is 0.330 e. The van der Waals surface area contributed by atoms with Crippen molar-refractivity contribution in [2.45, 2.75) is 52.1 Å². The van der Waals surface area contributed by atoms with Gasteiger partial charge in [0, 0.05) is 31.7 Å². The van der Waals surface area contributed by atoms with Crippen molar-refractivity contribution in [3.8, 4) is 0 Å². The maximum atomic E-state index is 5.95. The van der Waals surface area contributed by atoms with E-state index >= 15 is 0 Å². The molecule has 0 aromatic heterocycles. The molecule has 0 aromatic rings. The second-order valence-corrected chi connectivity index (χ2v) is 6.44. The normalized spacial score (nSPS) is 34.6. The Morgan fingerprint density at radius 2 is 2.12 bits per heavy atom. The lowest BCUT2D eigenvalue weighted by Crippen LogP contribution is -2.57. The van der Waals surface area contributed by atoms with E-state index in [1.807, 2.05) is 0 Å². The number of nitrogens with zero attached hydrogens (tertiary/aromatic N) is 2. The van der Waals surface area contributed by atoms with Crippen molar-refractivity contribution < 1.29 is 0 Å². The number of rotatable bonds is 4. The first-order valence-corrected chi connectivity index (χ1v) is 7.26. The Balaban J connectivity index is 1.96. The van der Waals surface area contributed by atoms with E-state index in [-0.39, 0.29) is 0 Å². The zero-order valence-electron chi connectivity index (χ0n) is 11.8. The van der Waals surface area contributed by atoms with Crippen LogP contribution in [0.3, 0.4) is 0 Å². The zero-order valence-corrected chi connectivity index (χ0v) is 11.8. The molecule has 2 aliphatic heterocycles. The van der Waals surface area contributed by atoms with Gasteiger partial charge in [0.2, 0.25) is 0 Å². The maximum absolute atomic E-state index is 5.95. The van der Waals surface area contributed by atoms with Crippen LogP contribution in [-0.2, 0) is 0 Å². The summed E-state index contributed by atoms with van der Waals surface area (Å²) in [5.74, 6) is 0. The molecule has 3 heteroatoms. The molecule has 0 radical (unpaired) electrons. The first-order chi connectivity index (χ1) is 8.08. The summed E-state index contributed by atoms with van der Waals surface area (Å²) in [7, 11) is 0. The Kier molecular flexibility index (Phi) is 4.11. The van der Waals surface area contributed by atoms with Crippen LogP contribution >= 0.6 is 0 Å². The van der Waals surface area contributed by atoms with Crippen molar-refractivity contribution in [3.63, 3.8) is 0 Å². The number of nitrogens with two attached hydrogens (primary N) is 1. The minimum Gasteiger partial charge on any atom is -0.330 e. The molecule has 2 rings (SSSR count). The molecular formula is C14H29N3. The van der Waals surface area contributed by atoms with Crippen LogP contribution in [0.15, 0.2) is 0 Å². The summed E-state index contributed by atoms with van der Waals surface area (Å²) in [5, 5.41) is 0. The van der Waals surface area contributed by atoms with Gasteiger partial charge in [0.1, 0.15) is 0 Å². The van der Waals surface area contributed by atoms with E-state index in [0.717, 1.165) is 12.6 Å². The lowest BCUT2D eigenvalue weighted by Gasteiger charge is -2.45. The highest BCUT2D eigenvalue weighted by Gasteiger charge is 2.36. The molecule has 0 bridgehead atoms. The van der Waals surface area contributed by atoms with E-state index in [0.29, 0.717) is 11.5 Å². The van der Waals surface area contributed by atoms with E-state index in [1.165, 1.54) is 45.4 Å². The Labute approximate surface area is 106 Å². The van der Waals surface area contributed by atoms with E-state index in [1.54, 1.807) is 0 Å². The smallest absolute Gasteiger partial charge is 0.0224 e. The summed E-state index contributed by atoms with van der Waals surface area (Å²) in [6, 6.07) is 1.52. The van der Waals surface area contributed by atoms with Crippen molar-refractivity contribution >= 4 is 0 Å². The monoisotopic (exact) mass is 239 g/mol. The Hall–Kier alpha value is -0.120. The summed E-state index contributed by atoms with van der Waals surface area (Å²) in [5.41, 5.74) is 6.25. The highest BCUT2D eigenvalue weighted by molar-refractivity contribution is 4.92. The van der Waals surface area contributed by atoms with Crippen LogP contribution in [0.5, 0.6) is 0 Å². The maximum Gasteiger partial charge on any atom is 0.0224 e. The van der Waals surface area contributed by atoms with Crippen LogP contribution in [0.1, 0.15) is 40.0 Å². The molecule has 0 aliphatic carbocycles. The van der Waals surface area contributed by atoms with E-state index in [4.69, 9.17) is 5.73 Å².